The van der Waals surface area contributed by atoms with Crippen LogP contribution in [0.3, 0.4) is 0 Å². The Morgan fingerprint density at radius 2 is 1.54 bits per heavy atom. The van der Waals surface area contributed by atoms with Crippen molar-refractivity contribution in [3.63, 3.8) is 0 Å². The summed E-state index contributed by atoms with van der Waals surface area (Å²) in [7, 11) is 0. The van der Waals surface area contributed by atoms with Gasteiger partial charge in [-0.05, 0) is 50.7 Å². The summed E-state index contributed by atoms with van der Waals surface area (Å²) in [6.45, 7) is 3.05. The van der Waals surface area contributed by atoms with Crippen molar-refractivity contribution in [3.8, 4) is 0 Å². The summed E-state index contributed by atoms with van der Waals surface area (Å²) in [5.41, 5.74) is 0. The number of nitrogens with zero attached hydrogens (tertiary/aromatic N) is 2. The van der Waals surface area contributed by atoms with Crippen LogP contribution in [0.4, 0.5) is 0 Å². The number of allylic oxidation sites excluding steroid dienone is 6. The lowest BCUT2D eigenvalue weighted by molar-refractivity contribution is 0.728. The number of hydrogen-bond acceptors (Lipinski definition) is 3. The van der Waals surface area contributed by atoms with Gasteiger partial charge in [0.1, 0.15) is 6.34 Å². The van der Waals surface area contributed by atoms with Gasteiger partial charge in [-0.2, -0.15) is 0 Å². The van der Waals surface area contributed by atoms with E-state index >= 15 is 0 Å². The molecule has 1 aliphatic heterocycles. The van der Waals surface area contributed by atoms with Gasteiger partial charge >= 0.3 is 0 Å². The second kappa shape index (κ2) is 16.8. The van der Waals surface area contributed by atoms with Gasteiger partial charge in [0.15, 0.2) is 0 Å². The quantitative estimate of drug-likeness (QED) is 0.252. The molecular weight excluding hydrogens is 312 g/mol. The van der Waals surface area contributed by atoms with Crippen molar-refractivity contribution in [1.29, 1.82) is 0 Å². The van der Waals surface area contributed by atoms with Crippen LogP contribution in [-0.2, 0) is 0 Å². The maximum absolute atomic E-state index is 4.21. The van der Waals surface area contributed by atoms with E-state index in [4.69, 9.17) is 0 Å². The Morgan fingerprint density at radius 3 is 2.17 bits per heavy atom. The van der Waals surface area contributed by atoms with Gasteiger partial charge in [0, 0.05) is 0 Å². The van der Waals surface area contributed by atoms with Crippen LogP contribution in [-0.4, -0.2) is 23.7 Å². The normalized spacial score (nSPS) is 14.6. The van der Waals surface area contributed by atoms with E-state index < -0.39 is 0 Å². The van der Waals surface area contributed by atoms with E-state index in [2.05, 4.69) is 53.4 Å². The molecule has 0 N–H and O–H groups in total. The van der Waals surface area contributed by atoms with Crippen LogP contribution < -0.4 is 0 Å². The Balaban J connectivity index is 1.81. The topological polar surface area (TPSA) is 24.7 Å². The molecule has 0 unspecified atom stereocenters. The van der Waals surface area contributed by atoms with Crippen molar-refractivity contribution in [2.75, 3.05) is 12.3 Å². The molecule has 1 heterocycles. The first-order valence-electron chi connectivity index (χ1n) is 9.56. The fraction of sp³-hybridized carbons (Fsp3) is 0.619. The largest absolute Gasteiger partial charge is 0.267 e. The van der Waals surface area contributed by atoms with Crippen molar-refractivity contribution in [2.24, 2.45) is 9.98 Å². The molecule has 0 fully saturated rings. The highest BCUT2D eigenvalue weighted by Crippen LogP contribution is 2.12. The highest BCUT2D eigenvalue weighted by atomic mass is 32.2. The lowest BCUT2D eigenvalue weighted by Crippen LogP contribution is -1.94. The molecular formula is C21H34N2S. The number of hydrogen-bond donors (Lipinski definition) is 0. The molecule has 0 saturated carbocycles. The molecule has 0 spiro atoms. The fourth-order valence-electron chi connectivity index (χ4n) is 2.37. The lowest BCUT2D eigenvalue weighted by Gasteiger charge is -1.99. The predicted octanol–water partition coefficient (Wildman–Crippen LogP) is 6.75. The third kappa shape index (κ3) is 13.4. The van der Waals surface area contributed by atoms with E-state index in [9.17, 15) is 0 Å². The van der Waals surface area contributed by atoms with Gasteiger partial charge in [0.2, 0.25) is 0 Å². The first-order valence-corrected chi connectivity index (χ1v) is 10.5. The summed E-state index contributed by atoms with van der Waals surface area (Å²) < 4.78 is 0. The summed E-state index contributed by atoms with van der Waals surface area (Å²) >= 11 is 1.86. The van der Waals surface area contributed by atoms with Crippen LogP contribution in [0.1, 0.15) is 71.1 Å². The minimum Gasteiger partial charge on any atom is -0.267 e. The van der Waals surface area contributed by atoms with Gasteiger partial charge in [-0.3, -0.25) is 4.99 Å². The molecule has 0 amide bonds. The van der Waals surface area contributed by atoms with Gasteiger partial charge in [-0.25, -0.2) is 4.99 Å². The van der Waals surface area contributed by atoms with E-state index in [1.165, 1.54) is 62.2 Å². The molecule has 3 heteroatoms. The van der Waals surface area contributed by atoms with Crippen LogP contribution in [0.25, 0.3) is 0 Å². The zero-order valence-electron chi connectivity index (χ0n) is 15.3. The predicted molar refractivity (Wildman–Crippen MR) is 113 cm³/mol. The third-order valence-electron chi connectivity index (χ3n) is 3.81. The molecule has 24 heavy (non-hydrogen) atoms. The molecule has 0 atom stereocenters. The highest BCUT2D eigenvalue weighted by molar-refractivity contribution is 8.14. The van der Waals surface area contributed by atoms with E-state index in [0.29, 0.717) is 0 Å². The highest BCUT2D eigenvalue weighted by Gasteiger charge is 2.01. The molecule has 0 saturated heterocycles. The molecule has 0 aromatic heterocycles. The Kier molecular flexibility index (Phi) is 14.6. The van der Waals surface area contributed by atoms with Crippen LogP contribution in [0.15, 0.2) is 46.4 Å². The minimum absolute atomic E-state index is 0.801. The smallest absolute Gasteiger partial charge is 0.111 e. The summed E-state index contributed by atoms with van der Waals surface area (Å²) in [5.74, 6) is 1.18. The molecule has 134 valence electrons. The minimum atomic E-state index is 0.801. The number of aliphatic imine (C=N–C) groups is 2. The third-order valence-corrected chi connectivity index (χ3v) is 4.87. The Hall–Kier alpha value is -1.09. The zero-order chi connectivity index (χ0) is 17.1. The molecule has 0 bridgehead atoms. The molecule has 0 radical (unpaired) electrons. The van der Waals surface area contributed by atoms with E-state index in [-0.39, 0.29) is 0 Å². The van der Waals surface area contributed by atoms with E-state index in [0.717, 1.165) is 19.4 Å². The van der Waals surface area contributed by atoms with Gasteiger partial charge in [0.05, 0.1) is 11.6 Å². The SMILES string of the molecule is CCCCC/C=C\C/C=C\C/C=C\CCCCCSC1=NC=NC1. The second-order valence-corrected chi connectivity index (χ2v) is 7.23. The van der Waals surface area contributed by atoms with Gasteiger partial charge in [-0.15, -0.1) is 11.8 Å². The Labute approximate surface area is 153 Å². The lowest BCUT2D eigenvalue weighted by atomic mass is 10.2. The van der Waals surface area contributed by atoms with Gasteiger partial charge < -0.3 is 0 Å². The fourth-order valence-corrected chi connectivity index (χ4v) is 3.24. The van der Waals surface area contributed by atoms with E-state index in [1.807, 2.05) is 11.8 Å². The molecule has 0 aromatic carbocycles. The molecule has 1 rings (SSSR count). The Morgan fingerprint density at radius 1 is 0.875 bits per heavy atom. The standard InChI is InChI=1S/C21H34N2S/c1-2-3-4-5-6-7-8-9-10-11-12-13-14-15-16-17-18-24-21-19-22-20-23-21/h6-7,9-10,12-13,20H,2-5,8,11,14-19H2,1H3/b7-6-,10-9-,13-12-. The van der Waals surface area contributed by atoms with Crippen LogP contribution in [0, 0.1) is 0 Å². The Bertz CT molecular complexity index is 433. The summed E-state index contributed by atoms with van der Waals surface area (Å²) in [6.07, 6.45) is 27.9. The zero-order valence-corrected chi connectivity index (χ0v) is 16.1. The number of unbranched alkanes of at least 4 members (excludes halogenated alkanes) is 6. The van der Waals surface area contributed by atoms with Crippen LogP contribution in [0.2, 0.25) is 0 Å². The molecule has 2 nitrogen and oxygen atoms in total. The van der Waals surface area contributed by atoms with Crippen LogP contribution >= 0.6 is 11.8 Å². The van der Waals surface area contributed by atoms with Crippen molar-refractivity contribution < 1.29 is 0 Å². The van der Waals surface area contributed by atoms with Crippen molar-refractivity contribution in [1.82, 2.24) is 0 Å². The average Bonchev–Trinajstić information content (AvgIpc) is 3.11. The monoisotopic (exact) mass is 346 g/mol. The van der Waals surface area contributed by atoms with Crippen molar-refractivity contribution in [3.05, 3.63) is 36.5 Å². The maximum Gasteiger partial charge on any atom is 0.111 e. The molecule has 0 aromatic rings. The average molecular weight is 347 g/mol. The van der Waals surface area contributed by atoms with Crippen molar-refractivity contribution >= 4 is 23.1 Å². The first-order chi connectivity index (χ1) is 11.9. The maximum atomic E-state index is 4.21. The molecule has 1 aliphatic rings. The summed E-state index contributed by atoms with van der Waals surface area (Å²) in [6, 6.07) is 0. The summed E-state index contributed by atoms with van der Waals surface area (Å²) in [4.78, 5) is 8.30. The van der Waals surface area contributed by atoms with E-state index in [1.54, 1.807) is 6.34 Å². The first kappa shape index (κ1) is 21.0. The van der Waals surface area contributed by atoms with Crippen LogP contribution in [0.5, 0.6) is 0 Å². The van der Waals surface area contributed by atoms with Gasteiger partial charge in [0.25, 0.3) is 0 Å². The second-order valence-electron chi connectivity index (χ2n) is 6.06. The van der Waals surface area contributed by atoms with Crippen molar-refractivity contribution in [2.45, 2.75) is 71.1 Å². The molecule has 0 aliphatic carbocycles. The number of thioether (sulfide) groups is 1. The number of rotatable bonds is 14. The van der Waals surface area contributed by atoms with Gasteiger partial charge in [-0.1, -0.05) is 62.6 Å². The summed E-state index contributed by atoms with van der Waals surface area (Å²) in [5, 5.41) is 1.18.